The molecule has 1 aliphatic rings. The molecule has 1 saturated heterocycles. The standard InChI is InChI=1S/C23H28N2O3/c1-16-10-12-25(13-11-16)23(27)19-8-5-9-20(14-19)24-21(26)15-28-22-17(2)6-4-7-18(22)3/h4-9,14,16H,10-13,15H2,1-3H3,(H,24,26). The number of carbonyl (C=O) groups excluding carboxylic acids is 2. The molecule has 148 valence electrons. The van der Waals surface area contributed by atoms with E-state index in [1.165, 1.54) is 0 Å². The van der Waals surface area contributed by atoms with Crippen LogP contribution in [-0.2, 0) is 4.79 Å². The van der Waals surface area contributed by atoms with E-state index < -0.39 is 0 Å². The first kappa shape index (κ1) is 19.9. The summed E-state index contributed by atoms with van der Waals surface area (Å²) in [5, 5.41) is 2.82. The van der Waals surface area contributed by atoms with Gasteiger partial charge in [0.1, 0.15) is 5.75 Å². The number of ether oxygens (including phenoxy) is 1. The van der Waals surface area contributed by atoms with Crippen LogP contribution in [0.3, 0.4) is 0 Å². The highest BCUT2D eigenvalue weighted by atomic mass is 16.5. The molecule has 1 heterocycles. The SMILES string of the molecule is Cc1cccc(C)c1OCC(=O)Nc1cccc(C(=O)N2CCC(C)CC2)c1. The van der Waals surface area contributed by atoms with Gasteiger partial charge in [-0.25, -0.2) is 0 Å². The van der Waals surface area contributed by atoms with Crippen LogP contribution in [0, 0.1) is 19.8 Å². The van der Waals surface area contributed by atoms with Crippen LogP contribution in [0.15, 0.2) is 42.5 Å². The lowest BCUT2D eigenvalue weighted by Crippen LogP contribution is -2.37. The number of amides is 2. The predicted octanol–water partition coefficient (Wildman–Crippen LogP) is 4.19. The van der Waals surface area contributed by atoms with E-state index in [0.29, 0.717) is 17.2 Å². The summed E-state index contributed by atoms with van der Waals surface area (Å²) in [7, 11) is 0. The molecule has 0 unspecified atom stereocenters. The molecule has 0 bridgehead atoms. The third-order valence-corrected chi connectivity index (χ3v) is 5.22. The molecule has 1 aliphatic heterocycles. The molecule has 0 aromatic heterocycles. The van der Waals surface area contributed by atoms with E-state index >= 15 is 0 Å². The molecule has 0 saturated carbocycles. The van der Waals surface area contributed by atoms with Crippen molar-refractivity contribution in [3.05, 3.63) is 59.2 Å². The van der Waals surface area contributed by atoms with Gasteiger partial charge >= 0.3 is 0 Å². The molecular formula is C23H28N2O3. The lowest BCUT2D eigenvalue weighted by molar-refractivity contribution is -0.118. The molecule has 0 atom stereocenters. The maximum absolute atomic E-state index is 12.7. The number of likely N-dealkylation sites (tertiary alicyclic amines) is 1. The number of para-hydroxylation sites is 1. The summed E-state index contributed by atoms with van der Waals surface area (Å²) in [6.07, 6.45) is 2.08. The normalized spacial score (nSPS) is 14.6. The van der Waals surface area contributed by atoms with Crippen molar-refractivity contribution in [2.24, 2.45) is 5.92 Å². The van der Waals surface area contributed by atoms with Gasteiger partial charge in [-0.1, -0.05) is 31.2 Å². The average Bonchev–Trinajstić information content (AvgIpc) is 2.68. The van der Waals surface area contributed by atoms with Crippen LogP contribution in [0.4, 0.5) is 5.69 Å². The maximum Gasteiger partial charge on any atom is 0.262 e. The number of anilines is 1. The molecule has 0 aliphatic carbocycles. The van der Waals surface area contributed by atoms with Crippen molar-refractivity contribution in [3.8, 4) is 5.75 Å². The summed E-state index contributed by atoms with van der Waals surface area (Å²) in [5.74, 6) is 1.18. The minimum absolute atomic E-state index is 0.0229. The molecule has 28 heavy (non-hydrogen) atoms. The van der Waals surface area contributed by atoms with E-state index in [9.17, 15) is 9.59 Å². The van der Waals surface area contributed by atoms with Gasteiger partial charge in [0, 0.05) is 24.3 Å². The molecular weight excluding hydrogens is 352 g/mol. The molecule has 2 amide bonds. The van der Waals surface area contributed by atoms with Gasteiger partial charge in [0.05, 0.1) is 0 Å². The van der Waals surface area contributed by atoms with Crippen molar-refractivity contribution in [1.29, 1.82) is 0 Å². The fraction of sp³-hybridized carbons (Fsp3) is 0.391. The number of hydrogen-bond donors (Lipinski definition) is 1. The van der Waals surface area contributed by atoms with Gasteiger partial charge in [0.25, 0.3) is 11.8 Å². The smallest absolute Gasteiger partial charge is 0.262 e. The van der Waals surface area contributed by atoms with E-state index in [-0.39, 0.29) is 18.4 Å². The zero-order valence-electron chi connectivity index (χ0n) is 16.8. The second-order valence-electron chi connectivity index (χ2n) is 7.61. The number of carbonyl (C=O) groups is 2. The van der Waals surface area contributed by atoms with Crippen molar-refractivity contribution in [2.75, 3.05) is 25.0 Å². The lowest BCUT2D eigenvalue weighted by atomic mass is 9.98. The van der Waals surface area contributed by atoms with Crippen LogP contribution in [0.2, 0.25) is 0 Å². The Hall–Kier alpha value is -2.82. The molecule has 3 rings (SSSR count). The lowest BCUT2D eigenvalue weighted by Gasteiger charge is -2.30. The minimum atomic E-state index is -0.251. The third-order valence-electron chi connectivity index (χ3n) is 5.22. The fourth-order valence-corrected chi connectivity index (χ4v) is 3.49. The quantitative estimate of drug-likeness (QED) is 0.846. The Kier molecular flexibility index (Phi) is 6.34. The molecule has 5 nitrogen and oxygen atoms in total. The van der Waals surface area contributed by atoms with Crippen molar-refractivity contribution in [1.82, 2.24) is 4.90 Å². The fourth-order valence-electron chi connectivity index (χ4n) is 3.49. The van der Waals surface area contributed by atoms with Crippen molar-refractivity contribution in [3.63, 3.8) is 0 Å². The summed E-state index contributed by atoms with van der Waals surface area (Å²) in [4.78, 5) is 26.9. The zero-order valence-corrected chi connectivity index (χ0v) is 16.8. The van der Waals surface area contributed by atoms with Crippen LogP contribution in [0.1, 0.15) is 41.3 Å². The van der Waals surface area contributed by atoms with Gasteiger partial charge in [0.15, 0.2) is 6.61 Å². The van der Waals surface area contributed by atoms with E-state index in [2.05, 4.69) is 12.2 Å². The largest absolute Gasteiger partial charge is 0.483 e. The van der Waals surface area contributed by atoms with Crippen LogP contribution in [0.5, 0.6) is 5.75 Å². The Balaban J connectivity index is 1.59. The minimum Gasteiger partial charge on any atom is -0.483 e. The molecule has 1 N–H and O–H groups in total. The summed E-state index contributed by atoms with van der Waals surface area (Å²) < 4.78 is 5.70. The molecule has 2 aromatic carbocycles. The van der Waals surface area contributed by atoms with E-state index in [1.807, 2.05) is 36.9 Å². The molecule has 5 heteroatoms. The Bertz CT molecular complexity index is 834. The second-order valence-corrected chi connectivity index (χ2v) is 7.61. The first-order chi connectivity index (χ1) is 13.4. The topological polar surface area (TPSA) is 58.6 Å². The number of nitrogens with one attached hydrogen (secondary N) is 1. The number of benzene rings is 2. The Morgan fingerprint density at radius 1 is 1.07 bits per heavy atom. The average molecular weight is 380 g/mol. The van der Waals surface area contributed by atoms with Crippen molar-refractivity contribution in [2.45, 2.75) is 33.6 Å². The second kappa shape index (κ2) is 8.91. The van der Waals surface area contributed by atoms with Gasteiger partial charge in [-0.2, -0.15) is 0 Å². The predicted molar refractivity (Wildman–Crippen MR) is 111 cm³/mol. The number of piperidine rings is 1. The van der Waals surface area contributed by atoms with E-state index in [1.54, 1.807) is 24.3 Å². The number of nitrogens with zero attached hydrogens (tertiary/aromatic N) is 1. The number of rotatable bonds is 5. The first-order valence-electron chi connectivity index (χ1n) is 9.82. The highest BCUT2D eigenvalue weighted by molar-refractivity contribution is 5.97. The van der Waals surface area contributed by atoms with Gasteiger partial charge in [0.2, 0.25) is 0 Å². The van der Waals surface area contributed by atoms with Gasteiger partial charge < -0.3 is 15.0 Å². The van der Waals surface area contributed by atoms with E-state index in [4.69, 9.17) is 4.74 Å². The highest BCUT2D eigenvalue weighted by Gasteiger charge is 2.21. The maximum atomic E-state index is 12.7. The third kappa shape index (κ3) is 4.91. The Morgan fingerprint density at radius 2 is 1.71 bits per heavy atom. The van der Waals surface area contributed by atoms with Gasteiger partial charge in [-0.15, -0.1) is 0 Å². The van der Waals surface area contributed by atoms with Crippen LogP contribution in [-0.4, -0.2) is 36.4 Å². The zero-order chi connectivity index (χ0) is 20.1. The van der Waals surface area contributed by atoms with Gasteiger partial charge in [-0.3, -0.25) is 9.59 Å². The van der Waals surface area contributed by atoms with Crippen LogP contribution < -0.4 is 10.1 Å². The summed E-state index contributed by atoms with van der Waals surface area (Å²) in [6.45, 7) is 7.64. The monoisotopic (exact) mass is 380 g/mol. The highest BCUT2D eigenvalue weighted by Crippen LogP contribution is 2.22. The Morgan fingerprint density at radius 3 is 2.39 bits per heavy atom. The van der Waals surface area contributed by atoms with Crippen molar-refractivity contribution < 1.29 is 14.3 Å². The number of hydrogen-bond acceptors (Lipinski definition) is 3. The van der Waals surface area contributed by atoms with Gasteiger partial charge in [-0.05, 0) is 61.9 Å². The van der Waals surface area contributed by atoms with Crippen LogP contribution in [0.25, 0.3) is 0 Å². The first-order valence-corrected chi connectivity index (χ1v) is 9.82. The van der Waals surface area contributed by atoms with E-state index in [0.717, 1.165) is 42.8 Å². The molecule has 2 aromatic rings. The Labute approximate surface area is 166 Å². The molecule has 0 spiro atoms. The summed E-state index contributed by atoms with van der Waals surface area (Å²) in [5.41, 5.74) is 3.20. The molecule has 1 fully saturated rings. The van der Waals surface area contributed by atoms with Crippen molar-refractivity contribution >= 4 is 17.5 Å². The molecule has 0 radical (unpaired) electrons. The number of aryl methyl sites for hydroxylation is 2. The summed E-state index contributed by atoms with van der Waals surface area (Å²) in [6, 6.07) is 13.0. The van der Waals surface area contributed by atoms with Crippen LogP contribution >= 0.6 is 0 Å². The summed E-state index contributed by atoms with van der Waals surface area (Å²) >= 11 is 0.